The van der Waals surface area contributed by atoms with E-state index in [-0.39, 0.29) is 5.41 Å². The molecular weight excluding hydrogens is 240 g/mol. The third-order valence-corrected chi connectivity index (χ3v) is 3.80. The first-order valence-corrected chi connectivity index (χ1v) is 6.72. The fourth-order valence-corrected chi connectivity index (χ4v) is 2.49. The highest BCUT2D eigenvalue weighted by Gasteiger charge is 2.36. The van der Waals surface area contributed by atoms with Gasteiger partial charge in [-0.1, -0.05) is 18.1 Å². The highest BCUT2D eigenvalue weighted by molar-refractivity contribution is 5.53. The summed E-state index contributed by atoms with van der Waals surface area (Å²) >= 11 is 0. The molecule has 0 saturated carbocycles. The van der Waals surface area contributed by atoms with Crippen LogP contribution in [-0.4, -0.2) is 28.2 Å². The molecule has 3 rings (SSSR count). The molecule has 1 aliphatic heterocycles. The molecule has 1 saturated heterocycles. The summed E-state index contributed by atoms with van der Waals surface area (Å²) in [6, 6.07) is 3.99. The van der Waals surface area contributed by atoms with Crippen molar-refractivity contribution in [2.75, 3.05) is 13.1 Å². The van der Waals surface area contributed by atoms with Crippen molar-refractivity contribution in [2.24, 2.45) is 0 Å². The van der Waals surface area contributed by atoms with Crippen molar-refractivity contribution >= 4 is 0 Å². The molecule has 2 aromatic rings. The Morgan fingerprint density at radius 2 is 2.37 bits per heavy atom. The summed E-state index contributed by atoms with van der Waals surface area (Å²) in [4.78, 5) is 8.94. The van der Waals surface area contributed by atoms with E-state index in [1.165, 1.54) is 0 Å². The minimum Gasteiger partial charge on any atom is -0.338 e. The maximum Gasteiger partial charge on any atom is 0.234 e. The number of nitrogens with one attached hydrogen (secondary N) is 1. The lowest BCUT2D eigenvalue weighted by Gasteiger charge is -2.15. The first-order valence-electron chi connectivity index (χ1n) is 6.72. The molecule has 0 aliphatic carbocycles. The van der Waals surface area contributed by atoms with Crippen LogP contribution >= 0.6 is 0 Å². The van der Waals surface area contributed by atoms with E-state index in [1.54, 1.807) is 6.20 Å². The summed E-state index contributed by atoms with van der Waals surface area (Å²) in [6.07, 6.45) is 3.70. The minimum atomic E-state index is -0.0492. The van der Waals surface area contributed by atoms with E-state index in [2.05, 4.69) is 40.4 Å². The lowest BCUT2D eigenvalue weighted by atomic mass is 9.90. The van der Waals surface area contributed by atoms with Crippen molar-refractivity contribution < 1.29 is 4.52 Å². The number of hydrogen-bond donors (Lipinski definition) is 1. The fraction of sp³-hybridized carbons (Fsp3) is 0.500. The van der Waals surface area contributed by atoms with Gasteiger partial charge in [-0.15, -0.1) is 0 Å². The smallest absolute Gasteiger partial charge is 0.234 e. The molecule has 1 aliphatic rings. The number of rotatable bonds is 3. The van der Waals surface area contributed by atoms with Crippen LogP contribution in [0.2, 0.25) is 0 Å². The van der Waals surface area contributed by atoms with Gasteiger partial charge in [-0.3, -0.25) is 4.98 Å². The predicted octanol–water partition coefficient (Wildman–Crippen LogP) is 1.94. The van der Waals surface area contributed by atoms with E-state index < -0.39 is 0 Å². The summed E-state index contributed by atoms with van der Waals surface area (Å²) in [5.74, 6) is 1.31. The molecule has 5 heteroatoms. The normalized spacial score (nSPS) is 22.8. The second-order valence-electron chi connectivity index (χ2n) is 5.28. The van der Waals surface area contributed by atoms with Gasteiger partial charge in [0.15, 0.2) is 0 Å². The molecule has 3 heterocycles. The third-order valence-electron chi connectivity index (χ3n) is 3.80. The summed E-state index contributed by atoms with van der Waals surface area (Å²) in [6.45, 7) is 6.14. The third kappa shape index (κ3) is 2.14. The average molecular weight is 258 g/mol. The van der Waals surface area contributed by atoms with Crippen LogP contribution in [0.1, 0.15) is 31.7 Å². The SMILES string of the molecule is CCc1cccnc1-c1noc(C2(C)CCNC2)n1. The van der Waals surface area contributed by atoms with Gasteiger partial charge in [0, 0.05) is 12.7 Å². The van der Waals surface area contributed by atoms with Crippen molar-refractivity contribution in [2.45, 2.75) is 32.1 Å². The van der Waals surface area contributed by atoms with Crippen molar-refractivity contribution in [1.29, 1.82) is 0 Å². The quantitative estimate of drug-likeness (QED) is 0.911. The van der Waals surface area contributed by atoms with E-state index >= 15 is 0 Å². The first kappa shape index (κ1) is 12.3. The number of hydrogen-bond acceptors (Lipinski definition) is 5. The maximum atomic E-state index is 5.46. The standard InChI is InChI=1S/C14H18N4O/c1-3-10-5-4-7-16-11(10)12-17-13(19-18-12)14(2)6-8-15-9-14/h4-5,7,15H,3,6,8-9H2,1-2H3. The van der Waals surface area contributed by atoms with Crippen LogP contribution in [0.15, 0.2) is 22.9 Å². The predicted molar refractivity (Wildman–Crippen MR) is 71.7 cm³/mol. The zero-order valence-corrected chi connectivity index (χ0v) is 11.3. The Bertz CT molecular complexity index is 572. The monoisotopic (exact) mass is 258 g/mol. The maximum absolute atomic E-state index is 5.46. The molecule has 0 spiro atoms. The second-order valence-corrected chi connectivity index (χ2v) is 5.28. The van der Waals surface area contributed by atoms with Crippen molar-refractivity contribution in [3.05, 3.63) is 29.8 Å². The largest absolute Gasteiger partial charge is 0.338 e. The van der Waals surface area contributed by atoms with E-state index in [4.69, 9.17) is 4.52 Å². The topological polar surface area (TPSA) is 63.8 Å². The van der Waals surface area contributed by atoms with Crippen LogP contribution < -0.4 is 5.32 Å². The number of nitrogens with zero attached hydrogens (tertiary/aromatic N) is 3. The van der Waals surface area contributed by atoms with Gasteiger partial charge in [0.1, 0.15) is 5.69 Å². The Morgan fingerprint density at radius 1 is 1.47 bits per heavy atom. The highest BCUT2D eigenvalue weighted by Crippen LogP contribution is 2.30. The van der Waals surface area contributed by atoms with Crippen LogP contribution in [0.3, 0.4) is 0 Å². The Labute approximate surface area is 112 Å². The summed E-state index contributed by atoms with van der Waals surface area (Å²) in [7, 11) is 0. The van der Waals surface area contributed by atoms with Gasteiger partial charge >= 0.3 is 0 Å². The van der Waals surface area contributed by atoms with Gasteiger partial charge in [-0.2, -0.15) is 4.98 Å². The van der Waals surface area contributed by atoms with Crippen LogP contribution in [0.4, 0.5) is 0 Å². The van der Waals surface area contributed by atoms with E-state index in [1.807, 2.05) is 6.07 Å². The molecule has 1 atom stereocenters. The molecule has 2 aromatic heterocycles. The van der Waals surface area contributed by atoms with E-state index in [0.29, 0.717) is 11.7 Å². The Hall–Kier alpha value is -1.75. The van der Waals surface area contributed by atoms with Crippen LogP contribution in [-0.2, 0) is 11.8 Å². The zero-order chi connectivity index (χ0) is 13.3. The Balaban J connectivity index is 1.97. The summed E-state index contributed by atoms with van der Waals surface area (Å²) < 4.78 is 5.46. The number of aryl methyl sites for hydroxylation is 1. The molecular formula is C14H18N4O. The number of pyridine rings is 1. The van der Waals surface area contributed by atoms with Crippen LogP contribution in [0, 0.1) is 0 Å². The molecule has 19 heavy (non-hydrogen) atoms. The van der Waals surface area contributed by atoms with Crippen LogP contribution in [0.5, 0.6) is 0 Å². The van der Waals surface area contributed by atoms with E-state index in [0.717, 1.165) is 37.2 Å². The van der Waals surface area contributed by atoms with Crippen molar-refractivity contribution in [3.63, 3.8) is 0 Å². The van der Waals surface area contributed by atoms with E-state index in [9.17, 15) is 0 Å². The molecule has 0 amide bonds. The summed E-state index contributed by atoms with van der Waals surface area (Å²) in [5, 5.41) is 7.45. The molecule has 1 unspecified atom stereocenters. The van der Waals surface area contributed by atoms with Crippen molar-refractivity contribution in [3.8, 4) is 11.5 Å². The Morgan fingerprint density at radius 3 is 3.11 bits per heavy atom. The van der Waals surface area contributed by atoms with Crippen molar-refractivity contribution in [1.82, 2.24) is 20.4 Å². The molecule has 1 N–H and O–H groups in total. The molecule has 5 nitrogen and oxygen atoms in total. The van der Waals surface area contributed by atoms with Gasteiger partial charge in [-0.25, -0.2) is 0 Å². The number of aromatic nitrogens is 3. The van der Waals surface area contributed by atoms with Gasteiger partial charge in [-0.05, 0) is 37.9 Å². The first-order chi connectivity index (χ1) is 9.23. The van der Waals surface area contributed by atoms with Gasteiger partial charge in [0.25, 0.3) is 0 Å². The fourth-order valence-electron chi connectivity index (χ4n) is 2.49. The van der Waals surface area contributed by atoms with Crippen LogP contribution in [0.25, 0.3) is 11.5 Å². The molecule has 0 aromatic carbocycles. The molecule has 100 valence electrons. The zero-order valence-electron chi connectivity index (χ0n) is 11.3. The van der Waals surface area contributed by atoms with Gasteiger partial charge in [0.05, 0.1) is 5.41 Å². The lowest BCUT2D eigenvalue weighted by Crippen LogP contribution is -2.25. The second kappa shape index (κ2) is 4.74. The molecule has 1 fully saturated rings. The molecule has 0 bridgehead atoms. The Kier molecular flexibility index (Phi) is 3.06. The average Bonchev–Trinajstić information content (AvgIpc) is 3.08. The highest BCUT2D eigenvalue weighted by atomic mass is 16.5. The minimum absolute atomic E-state index is 0.0492. The van der Waals surface area contributed by atoms with Gasteiger partial charge < -0.3 is 9.84 Å². The lowest BCUT2D eigenvalue weighted by molar-refractivity contribution is 0.306. The van der Waals surface area contributed by atoms with Gasteiger partial charge in [0.2, 0.25) is 11.7 Å². The molecule has 0 radical (unpaired) electrons. The summed E-state index contributed by atoms with van der Waals surface area (Å²) in [5.41, 5.74) is 1.92.